The zero-order valence-corrected chi connectivity index (χ0v) is 14.5. The van der Waals surface area contributed by atoms with E-state index in [-0.39, 0.29) is 13.0 Å². The second kappa shape index (κ2) is 6.87. The molecule has 0 aliphatic carbocycles. The number of hydrogen-bond acceptors (Lipinski definition) is 6. The summed E-state index contributed by atoms with van der Waals surface area (Å²) >= 11 is 0. The van der Waals surface area contributed by atoms with Crippen LogP contribution in [0, 0.1) is 0 Å². The summed E-state index contributed by atoms with van der Waals surface area (Å²) < 4.78 is 68.0. The minimum Gasteiger partial charge on any atom is -0.458 e. The maximum atomic E-state index is 12.3. The van der Waals surface area contributed by atoms with Crippen molar-refractivity contribution in [2.24, 2.45) is 0 Å². The molecule has 0 radical (unpaired) electrons. The molecule has 1 rings (SSSR count). The Kier molecular flexibility index (Phi) is 5.92. The molecule has 0 unspecified atom stereocenters. The van der Waals surface area contributed by atoms with E-state index in [9.17, 15) is 31.2 Å². The topological polar surface area (TPSA) is 90.0 Å². The van der Waals surface area contributed by atoms with E-state index < -0.39 is 45.2 Å². The molecule has 0 aromatic heterocycles. The van der Waals surface area contributed by atoms with Gasteiger partial charge in [-0.1, -0.05) is 0 Å². The van der Waals surface area contributed by atoms with Gasteiger partial charge in [-0.3, -0.25) is 8.98 Å². The van der Waals surface area contributed by atoms with E-state index in [1.54, 1.807) is 20.8 Å². The summed E-state index contributed by atoms with van der Waals surface area (Å²) in [7, 11) is -5.90. The molecule has 11 heteroatoms. The first-order valence-corrected chi connectivity index (χ1v) is 8.59. The van der Waals surface area contributed by atoms with Crippen LogP contribution in [0.25, 0.3) is 0 Å². The Hall–Kier alpha value is -1.36. The minimum atomic E-state index is -5.90. The van der Waals surface area contributed by atoms with Crippen LogP contribution < -0.4 is 0 Å². The van der Waals surface area contributed by atoms with Crippen LogP contribution in [0.1, 0.15) is 40.5 Å². The van der Waals surface area contributed by atoms with Crippen LogP contribution in [0.4, 0.5) is 13.2 Å². The van der Waals surface area contributed by atoms with Crippen LogP contribution in [-0.2, 0) is 28.6 Å². The Balaban J connectivity index is 2.84. The number of rotatable bonds is 4. The molecule has 0 N–H and O–H groups in total. The molecule has 24 heavy (non-hydrogen) atoms. The molecule has 0 bridgehead atoms. The molecule has 7 nitrogen and oxygen atoms in total. The van der Waals surface area contributed by atoms with E-state index in [0.717, 1.165) is 11.8 Å². The average Bonchev–Trinajstić information content (AvgIpc) is 2.82. The van der Waals surface area contributed by atoms with Crippen molar-refractivity contribution in [3.05, 3.63) is 0 Å². The molecule has 2 atom stereocenters. The number of nitrogens with zero attached hydrogens (tertiary/aromatic N) is 1. The number of carbonyl (C=O) groups is 2. The van der Waals surface area contributed by atoms with Crippen LogP contribution >= 0.6 is 0 Å². The summed E-state index contributed by atoms with van der Waals surface area (Å²) in [5.41, 5.74) is -6.42. The predicted octanol–water partition coefficient (Wildman–Crippen LogP) is 1.57. The van der Waals surface area contributed by atoms with Crippen molar-refractivity contribution in [3.63, 3.8) is 0 Å². The normalized spacial score (nSPS) is 20.8. The predicted molar refractivity (Wildman–Crippen MR) is 76.1 cm³/mol. The third kappa shape index (κ3) is 5.07. The molecular weight excluding hydrogens is 355 g/mol. The highest BCUT2D eigenvalue weighted by molar-refractivity contribution is 7.87. The number of ether oxygens (including phenoxy) is 1. The average molecular weight is 375 g/mol. The van der Waals surface area contributed by atoms with Crippen molar-refractivity contribution in [1.29, 1.82) is 0 Å². The van der Waals surface area contributed by atoms with Crippen LogP contribution in [-0.4, -0.2) is 55.0 Å². The maximum Gasteiger partial charge on any atom is 0.523 e. The Morgan fingerprint density at radius 3 is 2.21 bits per heavy atom. The summed E-state index contributed by atoms with van der Waals surface area (Å²) in [6, 6.07) is -0.976. The minimum absolute atomic E-state index is 0.0997. The lowest BCUT2D eigenvalue weighted by Gasteiger charge is -2.28. The molecule has 1 heterocycles. The van der Waals surface area contributed by atoms with E-state index in [2.05, 4.69) is 4.18 Å². The van der Waals surface area contributed by atoms with Gasteiger partial charge in [0.2, 0.25) is 0 Å². The number of likely N-dealkylation sites (tertiary alicyclic amines) is 1. The maximum absolute atomic E-state index is 12.3. The van der Waals surface area contributed by atoms with Gasteiger partial charge in [0.15, 0.2) is 6.10 Å². The van der Waals surface area contributed by atoms with Gasteiger partial charge in [0, 0.05) is 6.54 Å². The molecule has 0 saturated carbocycles. The second-order valence-electron chi connectivity index (χ2n) is 6.36. The largest absolute Gasteiger partial charge is 0.523 e. The van der Waals surface area contributed by atoms with Crippen LogP contribution in [0.5, 0.6) is 0 Å². The molecule has 0 aromatic rings. The summed E-state index contributed by atoms with van der Waals surface area (Å²) in [4.78, 5) is 25.3. The van der Waals surface area contributed by atoms with Gasteiger partial charge < -0.3 is 9.64 Å². The van der Waals surface area contributed by atoms with Crippen LogP contribution in [0.3, 0.4) is 0 Å². The lowest BCUT2D eigenvalue weighted by atomic mass is 10.1. The van der Waals surface area contributed by atoms with Crippen LogP contribution in [0.15, 0.2) is 0 Å². The first-order valence-electron chi connectivity index (χ1n) is 7.18. The fourth-order valence-electron chi connectivity index (χ4n) is 2.16. The van der Waals surface area contributed by atoms with Gasteiger partial charge in [-0.25, -0.2) is 4.79 Å². The fourth-order valence-corrected chi connectivity index (χ4v) is 2.74. The molecule has 1 saturated heterocycles. The molecule has 1 aliphatic heterocycles. The molecule has 1 amide bonds. The SMILES string of the molecule is C[C@@H](OS(=O)(=O)C(F)(F)F)C(=O)N1CCC[C@H]1C(=O)OC(C)(C)C. The van der Waals surface area contributed by atoms with Gasteiger partial charge in [0.1, 0.15) is 11.6 Å². The van der Waals surface area contributed by atoms with E-state index in [0.29, 0.717) is 6.42 Å². The Bertz CT molecular complexity index is 596. The number of amides is 1. The smallest absolute Gasteiger partial charge is 0.458 e. The summed E-state index contributed by atoms with van der Waals surface area (Å²) in [6.45, 7) is 5.88. The lowest BCUT2D eigenvalue weighted by Crippen LogP contribution is -2.48. The van der Waals surface area contributed by atoms with E-state index >= 15 is 0 Å². The fraction of sp³-hybridized carbons (Fsp3) is 0.846. The highest BCUT2D eigenvalue weighted by atomic mass is 32.2. The number of hydrogen-bond donors (Lipinski definition) is 0. The number of carbonyl (C=O) groups excluding carboxylic acids is 2. The van der Waals surface area contributed by atoms with Crippen molar-refractivity contribution in [3.8, 4) is 0 Å². The molecule has 0 aromatic carbocycles. The van der Waals surface area contributed by atoms with Gasteiger partial charge in [0.05, 0.1) is 0 Å². The van der Waals surface area contributed by atoms with Crippen LogP contribution in [0.2, 0.25) is 0 Å². The molecule has 1 fully saturated rings. The highest BCUT2D eigenvalue weighted by Crippen LogP contribution is 2.27. The Labute approximate surface area is 138 Å². The molecule has 140 valence electrons. The van der Waals surface area contributed by atoms with Crippen molar-refractivity contribution >= 4 is 22.0 Å². The third-order valence-electron chi connectivity index (χ3n) is 3.12. The summed E-state index contributed by atoms with van der Waals surface area (Å²) in [5, 5.41) is 0. The zero-order valence-electron chi connectivity index (χ0n) is 13.7. The van der Waals surface area contributed by atoms with Gasteiger partial charge >= 0.3 is 21.6 Å². The zero-order chi connectivity index (χ0) is 18.9. The number of esters is 1. The Morgan fingerprint density at radius 1 is 1.21 bits per heavy atom. The van der Waals surface area contributed by atoms with Crippen molar-refractivity contribution in [1.82, 2.24) is 4.90 Å². The standard InChI is InChI=1S/C13H20F3NO6S/c1-8(23-24(20,21)13(14,15)16)10(18)17-7-5-6-9(17)11(19)22-12(2,3)4/h8-9H,5-7H2,1-4H3/t8-,9+/m1/s1. The van der Waals surface area contributed by atoms with Gasteiger partial charge in [-0.15, -0.1) is 0 Å². The quantitative estimate of drug-likeness (QED) is 0.421. The second-order valence-corrected chi connectivity index (χ2v) is 7.93. The lowest BCUT2D eigenvalue weighted by molar-refractivity contribution is -0.164. The number of alkyl halides is 3. The summed E-state index contributed by atoms with van der Waals surface area (Å²) in [6.07, 6.45) is -1.19. The van der Waals surface area contributed by atoms with Gasteiger partial charge in [-0.2, -0.15) is 21.6 Å². The molecule has 0 spiro atoms. The molecule has 1 aliphatic rings. The third-order valence-corrected chi connectivity index (χ3v) is 4.23. The Morgan fingerprint density at radius 2 is 1.75 bits per heavy atom. The van der Waals surface area contributed by atoms with E-state index in [4.69, 9.17) is 4.74 Å². The van der Waals surface area contributed by atoms with Crippen molar-refractivity contribution in [2.75, 3.05) is 6.54 Å². The van der Waals surface area contributed by atoms with Gasteiger partial charge in [0.25, 0.3) is 5.91 Å². The first-order chi connectivity index (χ1) is 10.7. The van der Waals surface area contributed by atoms with E-state index in [1.165, 1.54) is 0 Å². The summed E-state index contributed by atoms with van der Waals surface area (Å²) in [5.74, 6) is -1.71. The first kappa shape index (κ1) is 20.7. The highest BCUT2D eigenvalue weighted by Gasteiger charge is 2.50. The van der Waals surface area contributed by atoms with Crippen molar-refractivity contribution < 1.29 is 40.1 Å². The monoisotopic (exact) mass is 375 g/mol. The molecular formula is C13H20F3NO6S. The van der Waals surface area contributed by atoms with Crippen molar-refractivity contribution in [2.45, 2.75) is 63.8 Å². The van der Waals surface area contributed by atoms with Gasteiger partial charge in [-0.05, 0) is 40.5 Å². The van der Waals surface area contributed by atoms with E-state index in [1.807, 2.05) is 0 Å². The number of halogens is 3.